The van der Waals surface area contributed by atoms with Crippen molar-refractivity contribution in [2.75, 3.05) is 26.8 Å². The largest absolute Gasteiger partial charge is 0.493 e. The number of methoxy groups -OCH3 is 1. The third kappa shape index (κ3) is 3.66. The predicted molar refractivity (Wildman–Crippen MR) is 80.5 cm³/mol. The number of ether oxygens (including phenoxy) is 2. The van der Waals surface area contributed by atoms with Gasteiger partial charge in [0.1, 0.15) is 0 Å². The lowest BCUT2D eigenvalue weighted by atomic mass is 9.92. The fourth-order valence-electron chi connectivity index (χ4n) is 2.88. The van der Waals surface area contributed by atoms with E-state index in [0.29, 0.717) is 0 Å². The van der Waals surface area contributed by atoms with Crippen LogP contribution in [0.3, 0.4) is 0 Å². The monoisotopic (exact) mass is 275 g/mol. The van der Waals surface area contributed by atoms with Gasteiger partial charge < -0.3 is 14.8 Å². The Bertz CT molecular complexity index is 437. The Morgan fingerprint density at radius 2 is 2.05 bits per heavy atom. The molecule has 0 radical (unpaired) electrons. The molecule has 1 saturated heterocycles. The Labute approximate surface area is 121 Å². The van der Waals surface area contributed by atoms with Gasteiger partial charge in [-0.2, -0.15) is 0 Å². The SMILES string of the molecule is COc1ccc(CC2CCCNC2)cc1OCC1CC1. The lowest BCUT2D eigenvalue weighted by Crippen LogP contribution is -2.30. The molecule has 1 N–H and O–H groups in total. The number of piperidine rings is 1. The maximum atomic E-state index is 5.94. The van der Waals surface area contributed by atoms with Gasteiger partial charge in [-0.25, -0.2) is 0 Å². The zero-order valence-electron chi connectivity index (χ0n) is 12.4. The minimum atomic E-state index is 0.758. The van der Waals surface area contributed by atoms with Crippen LogP contribution < -0.4 is 14.8 Å². The molecule has 2 fully saturated rings. The summed E-state index contributed by atoms with van der Waals surface area (Å²) < 4.78 is 11.3. The van der Waals surface area contributed by atoms with E-state index in [2.05, 4.69) is 17.4 Å². The van der Waals surface area contributed by atoms with Crippen LogP contribution in [0.5, 0.6) is 11.5 Å². The molecule has 1 atom stereocenters. The van der Waals surface area contributed by atoms with Crippen molar-refractivity contribution in [2.24, 2.45) is 11.8 Å². The highest BCUT2D eigenvalue weighted by molar-refractivity contribution is 5.43. The first kappa shape index (κ1) is 13.7. The van der Waals surface area contributed by atoms with E-state index in [1.54, 1.807) is 7.11 Å². The van der Waals surface area contributed by atoms with E-state index in [-0.39, 0.29) is 0 Å². The molecule has 1 aromatic carbocycles. The number of rotatable bonds is 6. The summed E-state index contributed by atoms with van der Waals surface area (Å²) in [6.07, 6.45) is 6.39. The molecule has 1 saturated carbocycles. The lowest BCUT2D eigenvalue weighted by molar-refractivity contribution is 0.279. The summed E-state index contributed by atoms with van der Waals surface area (Å²) >= 11 is 0. The van der Waals surface area contributed by atoms with E-state index in [1.165, 1.54) is 37.8 Å². The van der Waals surface area contributed by atoms with Gasteiger partial charge in [-0.1, -0.05) is 6.07 Å². The van der Waals surface area contributed by atoms with Gasteiger partial charge in [0.15, 0.2) is 11.5 Å². The van der Waals surface area contributed by atoms with Gasteiger partial charge in [-0.05, 0) is 74.7 Å². The molecule has 20 heavy (non-hydrogen) atoms. The standard InChI is InChI=1S/C17H25NO2/c1-19-16-7-6-14(9-15-3-2-8-18-11-15)10-17(16)20-12-13-4-5-13/h6-7,10,13,15,18H,2-5,8-9,11-12H2,1H3. The Morgan fingerprint density at radius 3 is 2.75 bits per heavy atom. The molecular formula is C17H25NO2. The van der Waals surface area contributed by atoms with Crippen LogP contribution >= 0.6 is 0 Å². The van der Waals surface area contributed by atoms with Gasteiger partial charge in [0, 0.05) is 0 Å². The van der Waals surface area contributed by atoms with Crippen molar-refractivity contribution in [3.8, 4) is 11.5 Å². The van der Waals surface area contributed by atoms with E-state index in [9.17, 15) is 0 Å². The minimum Gasteiger partial charge on any atom is -0.493 e. The third-order valence-corrected chi connectivity index (χ3v) is 4.32. The van der Waals surface area contributed by atoms with Gasteiger partial charge in [0.2, 0.25) is 0 Å². The Morgan fingerprint density at radius 1 is 1.15 bits per heavy atom. The Hall–Kier alpha value is -1.22. The molecular weight excluding hydrogens is 250 g/mol. The van der Waals surface area contributed by atoms with Crippen molar-refractivity contribution < 1.29 is 9.47 Å². The van der Waals surface area contributed by atoms with E-state index >= 15 is 0 Å². The zero-order valence-corrected chi connectivity index (χ0v) is 12.4. The second-order valence-electron chi connectivity index (χ2n) is 6.16. The zero-order chi connectivity index (χ0) is 13.8. The number of hydrogen-bond donors (Lipinski definition) is 1. The third-order valence-electron chi connectivity index (χ3n) is 4.32. The molecule has 3 rings (SSSR count). The molecule has 1 unspecified atom stereocenters. The molecule has 1 aliphatic carbocycles. The molecule has 3 nitrogen and oxygen atoms in total. The summed E-state index contributed by atoms with van der Waals surface area (Å²) in [6.45, 7) is 3.16. The number of nitrogens with one attached hydrogen (secondary N) is 1. The lowest BCUT2D eigenvalue weighted by Gasteiger charge is -2.23. The van der Waals surface area contributed by atoms with Crippen LogP contribution in [-0.4, -0.2) is 26.8 Å². The highest BCUT2D eigenvalue weighted by atomic mass is 16.5. The van der Waals surface area contributed by atoms with Gasteiger partial charge in [0.25, 0.3) is 0 Å². The van der Waals surface area contributed by atoms with E-state index in [0.717, 1.165) is 42.9 Å². The van der Waals surface area contributed by atoms with Crippen LogP contribution in [0.25, 0.3) is 0 Å². The normalized spacial score (nSPS) is 22.6. The molecule has 1 aromatic rings. The molecule has 0 aromatic heterocycles. The predicted octanol–water partition coefficient (Wildman–Crippen LogP) is 3.03. The summed E-state index contributed by atoms with van der Waals surface area (Å²) in [5, 5.41) is 3.48. The van der Waals surface area contributed by atoms with E-state index in [1.807, 2.05) is 6.07 Å². The number of benzene rings is 1. The molecule has 1 aliphatic heterocycles. The van der Waals surface area contributed by atoms with Crippen molar-refractivity contribution in [3.05, 3.63) is 23.8 Å². The summed E-state index contributed by atoms with van der Waals surface area (Å²) in [4.78, 5) is 0. The molecule has 2 aliphatic rings. The van der Waals surface area contributed by atoms with E-state index in [4.69, 9.17) is 9.47 Å². The molecule has 0 spiro atoms. The number of hydrogen-bond acceptors (Lipinski definition) is 3. The van der Waals surface area contributed by atoms with Crippen molar-refractivity contribution in [2.45, 2.75) is 32.1 Å². The molecule has 0 bridgehead atoms. The van der Waals surface area contributed by atoms with Gasteiger partial charge in [-0.15, -0.1) is 0 Å². The van der Waals surface area contributed by atoms with Gasteiger partial charge in [0.05, 0.1) is 13.7 Å². The average Bonchev–Trinajstić information content (AvgIpc) is 3.31. The molecule has 1 heterocycles. The molecule has 3 heteroatoms. The van der Waals surface area contributed by atoms with Crippen LogP contribution in [0.15, 0.2) is 18.2 Å². The maximum Gasteiger partial charge on any atom is 0.161 e. The van der Waals surface area contributed by atoms with Crippen molar-refractivity contribution in [1.29, 1.82) is 0 Å². The fourth-order valence-corrected chi connectivity index (χ4v) is 2.88. The van der Waals surface area contributed by atoms with Gasteiger partial charge in [-0.3, -0.25) is 0 Å². The summed E-state index contributed by atoms with van der Waals surface area (Å²) in [5.74, 6) is 3.30. The topological polar surface area (TPSA) is 30.5 Å². The highest BCUT2D eigenvalue weighted by Gasteiger charge is 2.22. The van der Waals surface area contributed by atoms with Crippen LogP contribution in [0.1, 0.15) is 31.2 Å². The van der Waals surface area contributed by atoms with Crippen LogP contribution in [-0.2, 0) is 6.42 Å². The molecule has 110 valence electrons. The van der Waals surface area contributed by atoms with Crippen LogP contribution in [0, 0.1) is 11.8 Å². The van der Waals surface area contributed by atoms with Crippen molar-refractivity contribution in [3.63, 3.8) is 0 Å². The maximum absolute atomic E-state index is 5.94. The Balaban J connectivity index is 1.65. The van der Waals surface area contributed by atoms with Crippen molar-refractivity contribution in [1.82, 2.24) is 5.32 Å². The van der Waals surface area contributed by atoms with Crippen LogP contribution in [0.2, 0.25) is 0 Å². The first-order valence-corrected chi connectivity index (χ1v) is 7.85. The van der Waals surface area contributed by atoms with Crippen molar-refractivity contribution >= 4 is 0 Å². The quantitative estimate of drug-likeness (QED) is 0.865. The fraction of sp³-hybridized carbons (Fsp3) is 0.647. The molecule has 0 amide bonds. The second-order valence-corrected chi connectivity index (χ2v) is 6.16. The first-order valence-electron chi connectivity index (χ1n) is 7.85. The first-order chi connectivity index (χ1) is 9.85. The minimum absolute atomic E-state index is 0.758. The highest BCUT2D eigenvalue weighted by Crippen LogP contribution is 2.34. The summed E-state index contributed by atoms with van der Waals surface area (Å²) in [7, 11) is 1.71. The Kier molecular flexibility index (Phi) is 4.46. The van der Waals surface area contributed by atoms with Crippen LogP contribution in [0.4, 0.5) is 0 Å². The van der Waals surface area contributed by atoms with E-state index < -0.39 is 0 Å². The summed E-state index contributed by atoms with van der Waals surface area (Å²) in [5.41, 5.74) is 1.37. The smallest absolute Gasteiger partial charge is 0.161 e. The van der Waals surface area contributed by atoms with Gasteiger partial charge >= 0.3 is 0 Å². The average molecular weight is 275 g/mol. The second kappa shape index (κ2) is 6.49. The summed E-state index contributed by atoms with van der Waals surface area (Å²) in [6, 6.07) is 6.40.